The highest BCUT2D eigenvalue weighted by Gasteiger charge is 2.10. The van der Waals surface area contributed by atoms with Crippen molar-refractivity contribution in [2.75, 3.05) is 37.8 Å². The van der Waals surface area contributed by atoms with E-state index in [1.165, 1.54) is 5.69 Å². The second-order valence-electron chi connectivity index (χ2n) is 6.54. The molecular weight excluding hydrogens is 342 g/mol. The topological polar surface area (TPSA) is 63.2 Å². The van der Waals surface area contributed by atoms with Crippen LogP contribution in [-0.4, -0.2) is 45.0 Å². The van der Waals surface area contributed by atoms with Crippen molar-refractivity contribution in [3.05, 3.63) is 59.2 Å². The predicted molar refractivity (Wildman–Crippen MR) is 107 cm³/mol. The van der Waals surface area contributed by atoms with E-state index in [2.05, 4.69) is 27.6 Å². The molecule has 0 radical (unpaired) electrons. The molecular formula is C21H25N3O3. The molecule has 6 heteroatoms. The number of nitrogens with one attached hydrogen (secondary N) is 1. The lowest BCUT2D eigenvalue weighted by Crippen LogP contribution is -2.36. The zero-order valence-corrected chi connectivity index (χ0v) is 15.8. The maximum Gasteiger partial charge on any atom is 0.277 e. The van der Waals surface area contributed by atoms with Crippen LogP contribution in [0.3, 0.4) is 0 Å². The summed E-state index contributed by atoms with van der Waals surface area (Å²) in [6.07, 6.45) is 1.62. The molecule has 1 aliphatic rings. The van der Waals surface area contributed by atoms with Gasteiger partial charge in [0, 0.05) is 18.8 Å². The molecule has 0 atom stereocenters. The summed E-state index contributed by atoms with van der Waals surface area (Å²) in [6, 6.07) is 14.0. The molecule has 0 saturated carbocycles. The Labute approximate surface area is 159 Å². The van der Waals surface area contributed by atoms with E-state index < -0.39 is 0 Å². The molecule has 1 fully saturated rings. The van der Waals surface area contributed by atoms with Gasteiger partial charge in [0.15, 0.2) is 6.61 Å². The molecule has 1 saturated heterocycles. The SMILES string of the molecule is Cc1ccc(C)c(OCC(=O)N/N=C/c2ccc(N3CCOCC3)cc2)c1. The minimum Gasteiger partial charge on any atom is -0.483 e. The highest BCUT2D eigenvalue weighted by Crippen LogP contribution is 2.19. The number of amides is 1. The van der Waals surface area contributed by atoms with Crippen molar-refractivity contribution in [1.29, 1.82) is 0 Å². The van der Waals surface area contributed by atoms with Gasteiger partial charge in [-0.2, -0.15) is 5.10 Å². The maximum atomic E-state index is 11.9. The van der Waals surface area contributed by atoms with Gasteiger partial charge in [-0.3, -0.25) is 4.79 Å². The fraction of sp³-hybridized carbons (Fsp3) is 0.333. The van der Waals surface area contributed by atoms with Crippen LogP contribution in [-0.2, 0) is 9.53 Å². The maximum absolute atomic E-state index is 11.9. The summed E-state index contributed by atoms with van der Waals surface area (Å²) in [5.41, 5.74) is 6.67. The van der Waals surface area contributed by atoms with Gasteiger partial charge in [-0.05, 0) is 48.7 Å². The van der Waals surface area contributed by atoms with E-state index in [0.29, 0.717) is 5.75 Å². The first kappa shape index (κ1) is 18.9. The van der Waals surface area contributed by atoms with Crippen LogP contribution in [0.2, 0.25) is 0 Å². The van der Waals surface area contributed by atoms with E-state index in [-0.39, 0.29) is 12.5 Å². The minimum atomic E-state index is -0.294. The second-order valence-corrected chi connectivity index (χ2v) is 6.54. The largest absolute Gasteiger partial charge is 0.483 e. The number of hydrogen-bond acceptors (Lipinski definition) is 5. The van der Waals surface area contributed by atoms with E-state index in [4.69, 9.17) is 9.47 Å². The summed E-state index contributed by atoms with van der Waals surface area (Å²) >= 11 is 0. The summed E-state index contributed by atoms with van der Waals surface area (Å²) in [7, 11) is 0. The fourth-order valence-corrected chi connectivity index (χ4v) is 2.81. The van der Waals surface area contributed by atoms with E-state index in [1.54, 1.807) is 6.21 Å². The number of nitrogens with zero attached hydrogens (tertiary/aromatic N) is 2. The predicted octanol–water partition coefficient (Wildman–Crippen LogP) is 2.67. The second kappa shape index (κ2) is 9.19. The van der Waals surface area contributed by atoms with Crippen molar-refractivity contribution in [2.45, 2.75) is 13.8 Å². The molecule has 2 aromatic rings. The highest BCUT2D eigenvalue weighted by atomic mass is 16.5. The van der Waals surface area contributed by atoms with Crippen LogP contribution in [0.15, 0.2) is 47.6 Å². The quantitative estimate of drug-likeness (QED) is 0.630. The number of ether oxygens (including phenoxy) is 2. The number of morpholine rings is 1. The summed E-state index contributed by atoms with van der Waals surface area (Å²) in [6.45, 7) is 7.20. The van der Waals surface area contributed by atoms with Crippen LogP contribution in [0.25, 0.3) is 0 Å². The van der Waals surface area contributed by atoms with Crippen LogP contribution < -0.4 is 15.1 Å². The van der Waals surface area contributed by atoms with Gasteiger partial charge in [0.1, 0.15) is 5.75 Å². The third kappa shape index (κ3) is 5.56. The van der Waals surface area contributed by atoms with Gasteiger partial charge in [0.05, 0.1) is 19.4 Å². The van der Waals surface area contributed by atoms with Crippen LogP contribution in [0.4, 0.5) is 5.69 Å². The first-order valence-electron chi connectivity index (χ1n) is 9.06. The van der Waals surface area contributed by atoms with E-state index in [9.17, 15) is 4.79 Å². The Morgan fingerprint density at radius 3 is 2.67 bits per heavy atom. The number of carbonyl (C=O) groups is 1. The third-order valence-corrected chi connectivity index (χ3v) is 4.37. The average molecular weight is 367 g/mol. The van der Waals surface area contributed by atoms with Crippen molar-refractivity contribution < 1.29 is 14.3 Å². The normalized spacial score (nSPS) is 14.4. The van der Waals surface area contributed by atoms with Gasteiger partial charge in [0.2, 0.25) is 0 Å². The Kier molecular flexibility index (Phi) is 6.44. The number of anilines is 1. The Morgan fingerprint density at radius 1 is 1.19 bits per heavy atom. The number of aryl methyl sites for hydroxylation is 2. The number of rotatable bonds is 6. The number of benzene rings is 2. The van der Waals surface area contributed by atoms with Crippen molar-refractivity contribution in [1.82, 2.24) is 5.43 Å². The Hall–Kier alpha value is -2.86. The van der Waals surface area contributed by atoms with E-state index >= 15 is 0 Å². The average Bonchev–Trinajstić information content (AvgIpc) is 2.70. The number of hydrogen-bond donors (Lipinski definition) is 1. The Morgan fingerprint density at radius 2 is 1.93 bits per heavy atom. The van der Waals surface area contributed by atoms with Crippen molar-refractivity contribution in [2.24, 2.45) is 5.10 Å². The third-order valence-electron chi connectivity index (χ3n) is 4.37. The van der Waals surface area contributed by atoms with Crippen LogP contribution in [0.1, 0.15) is 16.7 Å². The summed E-state index contributed by atoms with van der Waals surface area (Å²) in [4.78, 5) is 14.2. The van der Waals surface area contributed by atoms with Crippen LogP contribution in [0, 0.1) is 13.8 Å². The van der Waals surface area contributed by atoms with Gasteiger partial charge in [0.25, 0.3) is 5.91 Å². The van der Waals surface area contributed by atoms with Gasteiger partial charge in [-0.15, -0.1) is 0 Å². The summed E-state index contributed by atoms with van der Waals surface area (Å²) < 4.78 is 10.9. The van der Waals surface area contributed by atoms with Crippen LogP contribution >= 0.6 is 0 Å². The van der Waals surface area contributed by atoms with Crippen LogP contribution in [0.5, 0.6) is 5.75 Å². The lowest BCUT2D eigenvalue weighted by atomic mass is 10.1. The molecule has 1 heterocycles. The Balaban J connectivity index is 1.46. The van der Waals surface area contributed by atoms with Crippen molar-refractivity contribution in [3.8, 4) is 5.75 Å². The molecule has 27 heavy (non-hydrogen) atoms. The molecule has 0 aliphatic carbocycles. The highest BCUT2D eigenvalue weighted by molar-refractivity contribution is 5.83. The fourth-order valence-electron chi connectivity index (χ4n) is 2.81. The smallest absolute Gasteiger partial charge is 0.277 e. The molecule has 3 rings (SSSR count). The number of hydrazone groups is 1. The molecule has 0 spiro atoms. The zero-order chi connectivity index (χ0) is 19.1. The molecule has 0 aromatic heterocycles. The van der Waals surface area contributed by atoms with Gasteiger partial charge in [-0.25, -0.2) is 5.43 Å². The lowest BCUT2D eigenvalue weighted by Gasteiger charge is -2.28. The molecule has 0 bridgehead atoms. The summed E-state index contributed by atoms with van der Waals surface area (Å²) in [5.74, 6) is 0.421. The molecule has 2 aromatic carbocycles. The summed E-state index contributed by atoms with van der Waals surface area (Å²) in [5, 5.41) is 4.00. The standard InChI is InChI=1S/C21H25N3O3/c1-16-3-4-17(2)20(13-16)27-15-21(25)23-22-14-18-5-7-19(8-6-18)24-9-11-26-12-10-24/h3-8,13-14H,9-12,15H2,1-2H3,(H,23,25)/b22-14+. The van der Waals surface area contributed by atoms with Gasteiger partial charge >= 0.3 is 0 Å². The first-order valence-corrected chi connectivity index (χ1v) is 9.06. The lowest BCUT2D eigenvalue weighted by molar-refractivity contribution is -0.123. The minimum absolute atomic E-state index is 0.0718. The molecule has 1 N–H and O–H groups in total. The molecule has 142 valence electrons. The Bertz CT molecular complexity index is 797. The van der Waals surface area contributed by atoms with Crippen molar-refractivity contribution >= 4 is 17.8 Å². The van der Waals surface area contributed by atoms with E-state index in [0.717, 1.165) is 43.0 Å². The van der Waals surface area contributed by atoms with Gasteiger partial charge in [-0.1, -0.05) is 24.3 Å². The molecule has 1 amide bonds. The number of carbonyl (C=O) groups excluding carboxylic acids is 1. The van der Waals surface area contributed by atoms with Gasteiger partial charge < -0.3 is 14.4 Å². The molecule has 0 unspecified atom stereocenters. The molecule has 6 nitrogen and oxygen atoms in total. The van der Waals surface area contributed by atoms with Crippen molar-refractivity contribution in [3.63, 3.8) is 0 Å². The molecule has 1 aliphatic heterocycles. The zero-order valence-electron chi connectivity index (χ0n) is 15.8. The van der Waals surface area contributed by atoms with E-state index in [1.807, 2.05) is 44.2 Å². The monoisotopic (exact) mass is 367 g/mol. The first-order chi connectivity index (χ1) is 13.1.